The van der Waals surface area contributed by atoms with Crippen molar-refractivity contribution in [2.24, 2.45) is 0 Å². The molecular formula is C15H18O2S. The van der Waals surface area contributed by atoms with E-state index in [0.717, 1.165) is 16.9 Å². The lowest BCUT2D eigenvalue weighted by atomic mass is 10.1. The Morgan fingerprint density at radius 2 is 1.83 bits per heavy atom. The van der Waals surface area contributed by atoms with Crippen LogP contribution in [0.15, 0.2) is 53.3 Å². The molecule has 1 heterocycles. The molecule has 1 aromatic carbocycles. The minimum Gasteiger partial charge on any atom is -0.472 e. The van der Waals surface area contributed by atoms with Crippen molar-refractivity contribution in [3.8, 4) is 0 Å². The van der Waals surface area contributed by atoms with Crippen LogP contribution in [-0.4, -0.2) is 18.8 Å². The predicted molar refractivity (Wildman–Crippen MR) is 79.5 cm³/mol. The highest BCUT2D eigenvalue weighted by Gasteiger charge is 2.12. The van der Waals surface area contributed by atoms with E-state index in [0.29, 0.717) is 0 Å². The minimum atomic E-state index is -1.08. The van der Waals surface area contributed by atoms with Gasteiger partial charge in [-0.1, -0.05) is 30.3 Å². The number of hydrogen-bond donors (Lipinski definition) is 0. The van der Waals surface area contributed by atoms with Crippen LogP contribution in [0.3, 0.4) is 0 Å². The van der Waals surface area contributed by atoms with E-state index in [1.807, 2.05) is 30.3 Å². The summed E-state index contributed by atoms with van der Waals surface area (Å²) < 4.78 is 11.2. The second-order valence-corrected chi connectivity index (χ2v) is 8.36. The van der Waals surface area contributed by atoms with Crippen molar-refractivity contribution >= 4 is 22.1 Å². The highest BCUT2D eigenvalue weighted by Crippen LogP contribution is 2.42. The van der Waals surface area contributed by atoms with Crippen LogP contribution in [0, 0.1) is 0 Å². The van der Waals surface area contributed by atoms with E-state index in [-0.39, 0.29) is 0 Å². The molecule has 18 heavy (non-hydrogen) atoms. The van der Waals surface area contributed by atoms with Crippen molar-refractivity contribution in [1.29, 1.82) is 0 Å². The molecule has 0 spiro atoms. The molecule has 0 atom stereocenters. The molecule has 0 N–H and O–H groups in total. The summed E-state index contributed by atoms with van der Waals surface area (Å²) in [5, 5.41) is 0. The molecule has 3 heteroatoms. The summed E-state index contributed by atoms with van der Waals surface area (Å²) in [6, 6.07) is 12.1. The fourth-order valence-corrected chi connectivity index (χ4v) is 2.21. The summed E-state index contributed by atoms with van der Waals surface area (Å²) in [5.41, 5.74) is 2.10. The molecule has 2 nitrogen and oxygen atoms in total. The molecule has 0 aliphatic carbocycles. The molecule has 0 saturated heterocycles. The van der Waals surface area contributed by atoms with Crippen molar-refractivity contribution in [2.75, 3.05) is 18.8 Å². The Morgan fingerprint density at radius 1 is 1.11 bits per heavy atom. The molecule has 2 aromatic rings. The Hall–Kier alpha value is -1.61. The van der Waals surface area contributed by atoms with Gasteiger partial charge < -0.3 is 8.60 Å². The average molecular weight is 262 g/mol. The third kappa shape index (κ3) is 3.70. The molecule has 0 bridgehead atoms. The Balaban J connectivity index is 2.34. The van der Waals surface area contributed by atoms with Gasteiger partial charge in [-0.15, -0.1) is 10.3 Å². The predicted octanol–water partition coefficient (Wildman–Crippen LogP) is 4.40. The Kier molecular flexibility index (Phi) is 3.82. The Bertz CT molecular complexity index is 507. The summed E-state index contributed by atoms with van der Waals surface area (Å²) in [4.78, 5) is 0. The van der Waals surface area contributed by atoms with E-state index < -0.39 is 10.3 Å². The number of rotatable bonds is 4. The second kappa shape index (κ2) is 5.36. The molecular weight excluding hydrogens is 244 g/mol. The van der Waals surface area contributed by atoms with Gasteiger partial charge in [0, 0.05) is 0 Å². The van der Waals surface area contributed by atoms with Crippen LogP contribution < -0.4 is 0 Å². The maximum atomic E-state index is 6.07. The maximum Gasteiger partial charge on any atom is 0.145 e. The second-order valence-electron chi connectivity index (χ2n) is 4.74. The number of hydrogen-bond acceptors (Lipinski definition) is 2. The first-order valence-corrected chi connectivity index (χ1v) is 8.50. The lowest BCUT2D eigenvalue weighted by Crippen LogP contribution is -1.97. The Labute approximate surface area is 110 Å². The highest BCUT2D eigenvalue weighted by molar-refractivity contribution is 8.28. The maximum absolute atomic E-state index is 6.07. The van der Waals surface area contributed by atoms with Crippen molar-refractivity contribution in [3.63, 3.8) is 0 Å². The fraction of sp³-hybridized carbons (Fsp3) is 0.200. The van der Waals surface area contributed by atoms with Crippen LogP contribution in [0.2, 0.25) is 0 Å². The average Bonchev–Trinajstić information content (AvgIpc) is 2.81. The van der Waals surface area contributed by atoms with Crippen LogP contribution in [0.25, 0.3) is 11.8 Å². The van der Waals surface area contributed by atoms with Crippen LogP contribution >= 0.6 is 10.3 Å². The summed E-state index contributed by atoms with van der Waals surface area (Å²) in [6.07, 6.45) is 11.8. The quantitative estimate of drug-likeness (QED) is 0.762. The van der Waals surface area contributed by atoms with E-state index in [2.05, 4.69) is 30.9 Å². The van der Waals surface area contributed by atoms with Crippen molar-refractivity contribution in [3.05, 3.63) is 60.1 Å². The van der Waals surface area contributed by atoms with Gasteiger partial charge in [0.05, 0.1) is 11.8 Å². The summed E-state index contributed by atoms with van der Waals surface area (Å²) in [5.74, 6) is 0.859. The topological polar surface area (TPSA) is 22.4 Å². The zero-order valence-electron chi connectivity index (χ0n) is 10.9. The fourth-order valence-electron chi connectivity index (χ4n) is 1.53. The van der Waals surface area contributed by atoms with Crippen LogP contribution in [-0.2, 0) is 4.18 Å². The summed E-state index contributed by atoms with van der Waals surface area (Å²) in [6.45, 7) is 0. The van der Waals surface area contributed by atoms with Gasteiger partial charge in [0.1, 0.15) is 12.0 Å². The van der Waals surface area contributed by atoms with Gasteiger partial charge in [-0.25, -0.2) is 0 Å². The molecule has 2 rings (SSSR count). The highest BCUT2D eigenvalue weighted by atomic mass is 32.3. The largest absolute Gasteiger partial charge is 0.472 e. The van der Waals surface area contributed by atoms with Crippen LogP contribution in [0.5, 0.6) is 0 Å². The molecule has 1 aromatic heterocycles. The molecule has 96 valence electrons. The SMILES string of the molecule is CS(C)(C)O/C(=C\c1ccccc1)c1ccoc1. The third-order valence-electron chi connectivity index (χ3n) is 2.24. The smallest absolute Gasteiger partial charge is 0.145 e. The van der Waals surface area contributed by atoms with Crippen molar-refractivity contribution in [1.82, 2.24) is 0 Å². The number of furan rings is 1. The zero-order chi connectivity index (χ0) is 13.0. The number of benzene rings is 1. The van der Waals surface area contributed by atoms with Gasteiger partial charge in [0.15, 0.2) is 0 Å². The van der Waals surface area contributed by atoms with E-state index in [9.17, 15) is 0 Å². The summed E-state index contributed by atoms with van der Waals surface area (Å²) in [7, 11) is -1.08. The van der Waals surface area contributed by atoms with Gasteiger partial charge in [-0.2, -0.15) is 0 Å². The molecule has 0 fully saturated rings. The molecule has 0 aliphatic rings. The monoisotopic (exact) mass is 262 g/mol. The van der Waals surface area contributed by atoms with E-state index >= 15 is 0 Å². The van der Waals surface area contributed by atoms with Crippen molar-refractivity contribution in [2.45, 2.75) is 0 Å². The van der Waals surface area contributed by atoms with E-state index in [4.69, 9.17) is 8.60 Å². The molecule has 0 unspecified atom stereocenters. The zero-order valence-corrected chi connectivity index (χ0v) is 11.7. The van der Waals surface area contributed by atoms with Crippen LogP contribution in [0.1, 0.15) is 11.1 Å². The molecule has 0 amide bonds. The van der Waals surface area contributed by atoms with Gasteiger partial charge in [0.2, 0.25) is 0 Å². The first kappa shape index (κ1) is 12.8. The van der Waals surface area contributed by atoms with Gasteiger partial charge in [-0.05, 0) is 36.5 Å². The van der Waals surface area contributed by atoms with Gasteiger partial charge in [-0.3, -0.25) is 0 Å². The third-order valence-corrected chi connectivity index (χ3v) is 2.92. The van der Waals surface area contributed by atoms with E-state index in [1.54, 1.807) is 12.5 Å². The Morgan fingerprint density at radius 3 is 2.39 bits per heavy atom. The minimum absolute atomic E-state index is 0.859. The lowest BCUT2D eigenvalue weighted by Gasteiger charge is -2.27. The first-order valence-electron chi connectivity index (χ1n) is 5.72. The first-order chi connectivity index (χ1) is 8.54. The van der Waals surface area contributed by atoms with E-state index in [1.165, 1.54) is 0 Å². The molecule has 0 aliphatic heterocycles. The van der Waals surface area contributed by atoms with Crippen molar-refractivity contribution < 1.29 is 8.60 Å². The lowest BCUT2D eigenvalue weighted by molar-refractivity contribution is 0.558. The van der Waals surface area contributed by atoms with Gasteiger partial charge in [0.25, 0.3) is 0 Å². The summed E-state index contributed by atoms with van der Waals surface area (Å²) >= 11 is 0. The standard InChI is InChI=1S/C15H18O2S/c1-18(2,3)17-15(14-9-10-16-12-14)11-13-7-5-4-6-8-13/h4-12H,1-3H3/b15-11-. The normalized spacial score (nSPS) is 13.4. The van der Waals surface area contributed by atoms with Crippen LogP contribution in [0.4, 0.5) is 0 Å². The molecule has 0 radical (unpaired) electrons. The van der Waals surface area contributed by atoms with Gasteiger partial charge >= 0.3 is 0 Å². The molecule has 0 saturated carbocycles.